The Hall–Kier alpha value is -0.523. The lowest BCUT2D eigenvalue weighted by atomic mass is 10.2. The standard InChI is InChI=1S/C18H35N2O5SSi.ClH/c1-17-9-11-18(12-10-17)26(21,22)19-13-7-14-20(2,3)15-8-16-27(23-4,24-5)25-6;/h9-12,19H,7-8,13-16H2,1-6H3;1H/q+1;/p-1. The lowest BCUT2D eigenvalue weighted by Crippen LogP contribution is -3.00. The first-order chi connectivity index (χ1) is 12.6. The molecule has 0 aliphatic heterocycles. The predicted molar refractivity (Wildman–Crippen MR) is 109 cm³/mol. The van der Waals surface area contributed by atoms with Gasteiger partial charge in [0.25, 0.3) is 0 Å². The number of nitrogens with one attached hydrogen (secondary N) is 1. The van der Waals surface area contributed by atoms with E-state index in [1.807, 2.05) is 6.92 Å². The van der Waals surface area contributed by atoms with E-state index in [1.54, 1.807) is 45.6 Å². The SMILES string of the molecule is CO[Si](CCC[N+](C)(C)CCCNS(=O)(=O)c1ccc(C)cc1)(OC)OC.[Cl-]. The van der Waals surface area contributed by atoms with Crippen LogP contribution in [0.15, 0.2) is 29.2 Å². The highest BCUT2D eigenvalue weighted by atomic mass is 35.5. The molecule has 7 nitrogen and oxygen atoms in total. The molecule has 0 radical (unpaired) electrons. The molecule has 0 fully saturated rings. The lowest BCUT2D eigenvalue weighted by Gasteiger charge is -2.31. The van der Waals surface area contributed by atoms with Crippen molar-refractivity contribution in [3.63, 3.8) is 0 Å². The molecule has 28 heavy (non-hydrogen) atoms. The first-order valence-electron chi connectivity index (χ1n) is 9.13. The van der Waals surface area contributed by atoms with Gasteiger partial charge in [0.05, 0.1) is 32.1 Å². The van der Waals surface area contributed by atoms with E-state index in [1.165, 1.54) is 0 Å². The maximum absolute atomic E-state index is 12.3. The Morgan fingerprint density at radius 3 is 1.96 bits per heavy atom. The van der Waals surface area contributed by atoms with Crippen LogP contribution in [0.5, 0.6) is 0 Å². The lowest BCUT2D eigenvalue weighted by molar-refractivity contribution is -0.890. The Morgan fingerprint density at radius 1 is 0.964 bits per heavy atom. The van der Waals surface area contributed by atoms with Gasteiger partial charge in [0.1, 0.15) is 0 Å². The molecule has 0 heterocycles. The van der Waals surface area contributed by atoms with Gasteiger partial charge >= 0.3 is 8.80 Å². The number of aryl methyl sites for hydroxylation is 1. The van der Waals surface area contributed by atoms with E-state index in [9.17, 15) is 8.42 Å². The monoisotopic (exact) mass is 454 g/mol. The molecule has 0 atom stereocenters. The predicted octanol–water partition coefficient (Wildman–Crippen LogP) is -0.988. The molecular formula is C18H35ClN2O5SSi. The Morgan fingerprint density at radius 2 is 1.46 bits per heavy atom. The molecule has 164 valence electrons. The molecule has 1 aromatic rings. The maximum Gasteiger partial charge on any atom is 0.500 e. The number of rotatable bonds is 13. The van der Waals surface area contributed by atoms with Gasteiger partial charge in [-0.25, -0.2) is 13.1 Å². The highest BCUT2D eigenvalue weighted by molar-refractivity contribution is 7.89. The van der Waals surface area contributed by atoms with Crippen molar-refractivity contribution < 1.29 is 38.6 Å². The molecule has 1 aromatic carbocycles. The number of hydrogen-bond acceptors (Lipinski definition) is 5. The van der Waals surface area contributed by atoms with Gasteiger partial charge in [-0.15, -0.1) is 0 Å². The smallest absolute Gasteiger partial charge is 0.500 e. The van der Waals surface area contributed by atoms with Crippen LogP contribution in [0.1, 0.15) is 18.4 Å². The second kappa shape index (κ2) is 12.2. The topological polar surface area (TPSA) is 73.9 Å². The normalized spacial score (nSPS) is 12.6. The van der Waals surface area contributed by atoms with Crippen molar-refractivity contribution in [2.45, 2.75) is 30.7 Å². The fourth-order valence-corrected chi connectivity index (χ4v) is 5.68. The van der Waals surface area contributed by atoms with Gasteiger partial charge in [-0.2, -0.15) is 0 Å². The second-order valence-electron chi connectivity index (χ2n) is 7.35. The van der Waals surface area contributed by atoms with E-state index in [2.05, 4.69) is 18.8 Å². The minimum absolute atomic E-state index is 0. The summed E-state index contributed by atoms with van der Waals surface area (Å²) in [4.78, 5) is 0.307. The zero-order valence-electron chi connectivity index (χ0n) is 17.8. The van der Waals surface area contributed by atoms with E-state index in [-0.39, 0.29) is 12.4 Å². The summed E-state index contributed by atoms with van der Waals surface area (Å²) in [6, 6.07) is 7.64. The summed E-state index contributed by atoms with van der Waals surface area (Å²) in [7, 11) is 3.19. The first-order valence-corrected chi connectivity index (χ1v) is 12.5. The van der Waals surface area contributed by atoms with Crippen LogP contribution in [-0.4, -0.2) is 76.8 Å². The molecule has 0 amide bonds. The molecule has 0 saturated carbocycles. The van der Waals surface area contributed by atoms with Gasteiger partial charge in [0, 0.05) is 46.8 Å². The molecular weight excluding hydrogens is 420 g/mol. The zero-order valence-corrected chi connectivity index (χ0v) is 20.4. The molecule has 0 bridgehead atoms. The minimum Gasteiger partial charge on any atom is -1.00 e. The summed E-state index contributed by atoms with van der Waals surface area (Å²) in [6.45, 7) is 4.17. The van der Waals surface area contributed by atoms with Crippen LogP contribution in [-0.2, 0) is 23.3 Å². The third kappa shape index (κ3) is 8.87. The van der Waals surface area contributed by atoms with Crippen molar-refractivity contribution in [3.05, 3.63) is 29.8 Å². The highest BCUT2D eigenvalue weighted by Crippen LogP contribution is 2.16. The number of nitrogens with zero attached hydrogens (tertiary/aromatic N) is 1. The summed E-state index contributed by atoms with van der Waals surface area (Å²) < 4.78 is 44.4. The van der Waals surface area contributed by atoms with Gasteiger partial charge in [-0.05, 0) is 19.1 Å². The number of benzene rings is 1. The number of quaternary nitrogens is 1. The molecule has 0 unspecified atom stereocenters. The van der Waals surface area contributed by atoms with Crippen LogP contribution in [0, 0.1) is 6.92 Å². The molecule has 10 heteroatoms. The average Bonchev–Trinajstić information content (AvgIpc) is 2.63. The van der Waals surface area contributed by atoms with Crippen molar-refractivity contribution in [2.75, 3.05) is 55.1 Å². The summed E-state index contributed by atoms with van der Waals surface area (Å²) in [6.07, 6.45) is 1.68. The van der Waals surface area contributed by atoms with Gasteiger partial charge in [-0.1, -0.05) is 17.7 Å². The van der Waals surface area contributed by atoms with Crippen LogP contribution in [0.4, 0.5) is 0 Å². The van der Waals surface area contributed by atoms with Crippen molar-refractivity contribution in [1.82, 2.24) is 4.72 Å². The van der Waals surface area contributed by atoms with Crippen molar-refractivity contribution in [3.8, 4) is 0 Å². The first kappa shape index (κ1) is 27.5. The largest absolute Gasteiger partial charge is 1.00 e. The fraction of sp³-hybridized carbons (Fsp3) is 0.667. The zero-order chi connectivity index (χ0) is 20.6. The van der Waals surface area contributed by atoms with Crippen molar-refractivity contribution in [2.24, 2.45) is 0 Å². The molecule has 0 saturated heterocycles. The third-order valence-corrected chi connectivity index (χ3v) is 9.05. The van der Waals surface area contributed by atoms with Crippen LogP contribution < -0.4 is 17.1 Å². The van der Waals surface area contributed by atoms with Crippen LogP contribution >= 0.6 is 0 Å². The van der Waals surface area contributed by atoms with E-state index >= 15 is 0 Å². The van der Waals surface area contributed by atoms with Crippen molar-refractivity contribution >= 4 is 18.8 Å². The molecule has 0 aromatic heterocycles. The number of hydrogen-bond donors (Lipinski definition) is 1. The molecule has 1 N–H and O–H groups in total. The molecule has 1 rings (SSSR count). The Kier molecular flexibility index (Phi) is 12.0. The number of halogens is 1. The van der Waals surface area contributed by atoms with E-state index in [0.29, 0.717) is 11.4 Å². The van der Waals surface area contributed by atoms with Crippen LogP contribution in [0.3, 0.4) is 0 Å². The van der Waals surface area contributed by atoms with Gasteiger partial charge in [-0.3, -0.25) is 0 Å². The Labute approximate surface area is 177 Å². The quantitative estimate of drug-likeness (QED) is 0.235. The van der Waals surface area contributed by atoms with Crippen LogP contribution in [0.2, 0.25) is 6.04 Å². The summed E-state index contributed by atoms with van der Waals surface area (Å²) in [5, 5.41) is 0. The summed E-state index contributed by atoms with van der Waals surface area (Å²) in [5.74, 6) is 0. The van der Waals surface area contributed by atoms with Crippen LogP contribution in [0.25, 0.3) is 0 Å². The molecule has 0 aliphatic rings. The molecule has 0 aliphatic carbocycles. The van der Waals surface area contributed by atoms with E-state index in [4.69, 9.17) is 13.3 Å². The van der Waals surface area contributed by atoms with E-state index < -0.39 is 18.8 Å². The van der Waals surface area contributed by atoms with Crippen molar-refractivity contribution in [1.29, 1.82) is 0 Å². The number of sulfonamides is 1. The molecule has 0 spiro atoms. The van der Waals surface area contributed by atoms with E-state index in [0.717, 1.165) is 42.0 Å². The van der Waals surface area contributed by atoms with Gasteiger partial charge < -0.3 is 30.2 Å². The van der Waals surface area contributed by atoms with Gasteiger partial charge in [0.15, 0.2) is 0 Å². The van der Waals surface area contributed by atoms with Gasteiger partial charge in [0.2, 0.25) is 10.0 Å². The Balaban J connectivity index is 0.00000729. The summed E-state index contributed by atoms with van der Waals surface area (Å²) >= 11 is 0. The average molecular weight is 455 g/mol. The second-order valence-corrected chi connectivity index (χ2v) is 12.2. The minimum atomic E-state index is -3.44. The highest BCUT2D eigenvalue weighted by Gasteiger charge is 2.37. The summed E-state index contributed by atoms with van der Waals surface area (Å²) in [5.41, 5.74) is 1.04. The maximum atomic E-state index is 12.3. The Bertz CT molecular complexity index is 659. The third-order valence-electron chi connectivity index (χ3n) is 4.74. The fourth-order valence-electron chi connectivity index (χ4n) is 2.91.